The van der Waals surface area contributed by atoms with Crippen LogP contribution in [-0.2, 0) is 13.1 Å². The van der Waals surface area contributed by atoms with Gasteiger partial charge in [-0.05, 0) is 55.0 Å². The molecule has 0 aliphatic carbocycles. The van der Waals surface area contributed by atoms with Gasteiger partial charge in [-0.15, -0.1) is 0 Å². The van der Waals surface area contributed by atoms with E-state index in [0.29, 0.717) is 6.54 Å². The molecule has 1 N–H and O–H groups in total. The monoisotopic (exact) mass is 363 g/mol. The number of nitrogens with one attached hydrogen (secondary N) is 1. The van der Waals surface area contributed by atoms with Crippen LogP contribution < -0.4 is 5.32 Å². The van der Waals surface area contributed by atoms with Gasteiger partial charge >= 0.3 is 0 Å². The first-order valence-corrected chi connectivity index (χ1v) is 9.20. The number of hydrogen-bond donors (Lipinski definition) is 1. The third kappa shape index (κ3) is 3.08. The first kappa shape index (κ1) is 16.7. The summed E-state index contributed by atoms with van der Waals surface area (Å²) >= 11 is 5.70. The first-order chi connectivity index (χ1) is 12.8. The molecule has 2 atom stereocenters. The highest BCUT2D eigenvalue weighted by Crippen LogP contribution is 2.39. The lowest BCUT2D eigenvalue weighted by Crippen LogP contribution is -2.30. The minimum Gasteiger partial charge on any atom is -0.352 e. The summed E-state index contributed by atoms with van der Waals surface area (Å²) in [5.41, 5.74) is 3.37. The van der Waals surface area contributed by atoms with Crippen molar-refractivity contribution in [3.8, 4) is 0 Å². The van der Waals surface area contributed by atoms with Gasteiger partial charge in [0.05, 0.1) is 17.8 Å². The van der Waals surface area contributed by atoms with Crippen LogP contribution in [0.1, 0.15) is 36.0 Å². The van der Waals surface area contributed by atoms with Crippen molar-refractivity contribution in [2.45, 2.75) is 32.1 Å². The van der Waals surface area contributed by atoms with Crippen LogP contribution in [0.3, 0.4) is 0 Å². The van der Waals surface area contributed by atoms with E-state index in [1.807, 2.05) is 30.6 Å². The molecule has 0 aromatic carbocycles. The van der Waals surface area contributed by atoms with Crippen molar-refractivity contribution < 1.29 is 0 Å². The summed E-state index contributed by atoms with van der Waals surface area (Å²) in [5.74, 6) is 0. The molecule has 1 aliphatic heterocycles. The van der Waals surface area contributed by atoms with Crippen LogP contribution in [0.4, 0.5) is 0 Å². The SMILES string of the molecule is CCn1cccc1[C@@H]1[C@H](c2ccccn2)NC(=S)N1Cc1cccnc1. The van der Waals surface area contributed by atoms with Crippen LogP contribution in [0.15, 0.2) is 67.3 Å². The second-order valence-electron chi connectivity index (χ2n) is 6.33. The van der Waals surface area contributed by atoms with Crippen molar-refractivity contribution in [1.29, 1.82) is 0 Å². The molecule has 0 saturated carbocycles. The van der Waals surface area contributed by atoms with Gasteiger partial charge in [-0.3, -0.25) is 9.97 Å². The minimum absolute atomic E-state index is 0.0144. The van der Waals surface area contributed by atoms with Crippen LogP contribution in [0.25, 0.3) is 0 Å². The van der Waals surface area contributed by atoms with Gasteiger partial charge in [-0.2, -0.15) is 0 Å². The van der Waals surface area contributed by atoms with Crippen molar-refractivity contribution in [2.24, 2.45) is 0 Å². The number of rotatable bonds is 5. The van der Waals surface area contributed by atoms with Gasteiger partial charge in [0, 0.05) is 43.6 Å². The number of pyridine rings is 2. The topological polar surface area (TPSA) is 46.0 Å². The second-order valence-corrected chi connectivity index (χ2v) is 6.72. The molecule has 26 heavy (non-hydrogen) atoms. The maximum Gasteiger partial charge on any atom is 0.170 e. The number of aromatic nitrogens is 3. The zero-order valence-corrected chi connectivity index (χ0v) is 15.4. The van der Waals surface area contributed by atoms with E-state index >= 15 is 0 Å². The van der Waals surface area contributed by atoms with Crippen LogP contribution in [0.2, 0.25) is 0 Å². The molecule has 0 spiro atoms. The molecule has 4 rings (SSSR count). The average Bonchev–Trinajstić information content (AvgIpc) is 3.28. The summed E-state index contributed by atoms with van der Waals surface area (Å²) < 4.78 is 2.27. The lowest BCUT2D eigenvalue weighted by atomic mass is 10.0. The zero-order chi connectivity index (χ0) is 17.9. The standard InChI is InChI=1S/C20H21N5S/c1-2-24-12-6-9-17(24)19-18(16-8-3-4-11-22-16)23-20(26)25(19)14-15-7-5-10-21-13-15/h3-13,18-19H,2,14H2,1H3,(H,23,26)/t18-,19+/m0/s1. The highest BCUT2D eigenvalue weighted by molar-refractivity contribution is 7.80. The fraction of sp³-hybridized carbons (Fsp3) is 0.250. The summed E-state index contributed by atoms with van der Waals surface area (Å²) in [7, 11) is 0. The molecular weight excluding hydrogens is 342 g/mol. The van der Waals surface area contributed by atoms with Crippen LogP contribution in [-0.4, -0.2) is 24.5 Å². The predicted octanol–water partition coefficient (Wildman–Crippen LogP) is 3.47. The van der Waals surface area contributed by atoms with Crippen LogP contribution in [0, 0.1) is 0 Å². The fourth-order valence-corrected chi connectivity index (χ4v) is 3.87. The Hall–Kier alpha value is -2.73. The molecule has 1 aliphatic rings. The maximum atomic E-state index is 5.70. The van der Waals surface area contributed by atoms with Crippen LogP contribution in [0.5, 0.6) is 0 Å². The predicted molar refractivity (Wildman–Crippen MR) is 105 cm³/mol. The summed E-state index contributed by atoms with van der Waals surface area (Å²) in [6, 6.07) is 14.4. The van der Waals surface area contributed by atoms with Gasteiger partial charge in [0.25, 0.3) is 0 Å². The van der Waals surface area contributed by atoms with Crippen molar-refractivity contribution in [2.75, 3.05) is 0 Å². The Morgan fingerprint density at radius 1 is 1.12 bits per heavy atom. The normalized spacial score (nSPS) is 19.6. The van der Waals surface area contributed by atoms with Crippen molar-refractivity contribution in [3.63, 3.8) is 0 Å². The Balaban J connectivity index is 1.75. The Morgan fingerprint density at radius 2 is 2.04 bits per heavy atom. The molecule has 132 valence electrons. The number of aryl methyl sites for hydroxylation is 1. The Morgan fingerprint density at radius 3 is 2.77 bits per heavy atom. The van der Waals surface area contributed by atoms with Gasteiger partial charge in [0.2, 0.25) is 0 Å². The number of thiocarbonyl (C=S) groups is 1. The minimum atomic E-state index is 0.0144. The molecule has 0 unspecified atom stereocenters. The van der Waals surface area contributed by atoms with Crippen molar-refractivity contribution >= 4 is 17.3 Å². The molecule has 0 radical (unpaired) electrons. The first-order valence-electron chi connectivity index (χ1n) is 8.80. The van der Waals surface area contributed by atoms with Crippen molar-refractivity contribution in [1.82, 2.24) is 24.8 Å². The Kier molecular flexibility index (Phi) is 4.67. The van der Waals surface area contributed by atoms with E-state index < -0.39 is 0 Å². The van der Waals surface area contributed by atoms with E-state index in [1.54, 1.807) is 6.20 Å². The molecule has 0 amide bonds. The maximum absolute atomic E-state index is 5.70. The molecular formula is C20H21N5S. The van der Waals surface area contributed by atoms with E-state index in [-0.39, 0.29) is 12.1 Å². The van der Waals surface area contributed by atoms with E-state index in [1.165, 1.54) is 5.69 Å². The molecule has 3 aromatic heterocycles. The van der Waals surface area contributed by atoms with E-state index in [9.17, 15) is 0 Å². The highest BCUT2D eigenvalue weighted by Gasteiger charge is 2.40. The number of hydrogen-bond acceptors (Lipinski definition) is 3. The molecule has 5 nitrogen and oxygen atoms in total. The van der Waals surface area contributed by atoms with Gasteiger partial charge in [-0.25, -0.2) is 0 Å². The summed E-state index contributed by atoms with van der Waals surface area (Å²) in [4.78, 5) is 11.1. The molecule has 4 heterocycles. The van der Waals surface area contributed by atoms with Gasteiger partial charge in [0.15, 0.2) is 5.11 Å². The van der Waals surface area contributed by atoms with E-state index in [4.69, 9.17) is 12.2 Å². The van der Waals surface area contributed by atoms with E-state index in [0.717, 1.165) is 22.9 Å². The zero-order valence-electron chi connectivity index (χ0n) is 14.6. The quantitative estimate of drug-likeness (QED) is 0.703. The van der Waals surface area contributed by atoms with Gasteiger partial charge in [-0.1, -0.05) is 12.1 Å². The molecule has 1 fully saturated rings. The summed E-state index contributed by atoms with van der Waals surface area (Å²) in [6.45, 7) is 3.79. The molecule has 0 bridgehead atoms. The highest BCUT2D eigenvalue weighted by atomic mass is 32.1. The average molecular weight is 363 g/mol. The smallest absolute Gasteiger partial charge is 0.170 e. The molecule has 3 aromatic rings. The lowest BCUT2D eigenvalue weighted by molar-refractivity contribution is 0.297. The Bertz CT molecular complexity index is 877. The summed E-state index contributed by atoms with van der Waals surface area (Å²) in [5, 5.41) is 4.24. The molecule has 6 heteroatoms. The third-order valence-corrected chi connectivity index (χ3v) is 5.13. The van der Waals surface area contributed by atoms with Crippen molar-refractivity contribution in [3.05, 3.63) is 84.2 Å². The summed E-state index contributed by atoms with van der Waals surface area (Å²) in [6.07, 6.45) is 7.64. The third-order valence-electron chi connectivity index (χ3n) is 4.78. The Labute approximate surface area is 158 Å². The van der Waals surface area contributed by atoms with Gasteiger partial charge in [0.1, 0.15) is 0 Å². The van der Waals surface area contributed by atoms with Gasteiger partial charge < -0.3 is 14.8 Å². The second kappa shape index (κ2) is 7.25. The van der Waals surface area contributed by atoms with Crippen LogP contribution >= 0.6 is 12.2 Å². The van der Waals surface area contributed by atoms with E-state index in [2.05, 4.69) is 62.1 Å². The lowest BCUT2D eigenvalue weighted by Gasteiger charge is -2.28. The molecule has 1 saturated heterocycles. The fourth-order valence-electron chi connectivity index (χ4n) is 3.57. The number of nitrogens with zero attached hydrogens (tertiary/aromatic N) is 4. The largest absolute Gasteiger partial charge is 0.352 e.